The Hall–Kier alpha value is -7.80. The molecule has 4 amide bonds. The molecule has 1 aliphatic heterocycles. The Kier molecular flexibility index (Phi) is 13.5. The number of amides is 4. The Labute approximate surface area is 346 Å². The normalized spacial score (nSPS) is 12.7. The third kappa shape index (κ3) is 11.6. The molecule has 0 saturated heterocycles. The SMILES string of the molecule is O=C(NCc1ccccc1)Oc1cc(OC(=O)NCc2ccccc2)c2c(c1)OC(c1ccc(OC(=O)NCc3ccccc3)c(OC(=O)NCc3ccccc3)c1)CC2. The maximum absolute atomic E-state index is 13.1. The average molecular weight is 807 g/mol. The number of benzene rings is 6. The maximum Gasteiger partial charge on any atom is 0.413 e. The van der Waals surface area contributed by atoms with Crippen LogP contribution in [0.2, 0.25) is 0 Å². The molecule has 13 heteroatoms. The first-order valence-electron chi connectivity index (χ1n) is 19.3. The van der Waals surface area contributed by atoms with Crippen LogP contribution in [0.3, 0.4) is 0 Å². The number of carbonyl (C=O) groups excluding carboxylic acids is 4. The van der Waals surface area contributed by atoms with Crippen LogP contribution in [-0.2, 0) is 32.6 Å². The number of hydrogen-bond acceptors (Lipinski definition) is 9. The second kappa shape index (κ2) is 20.1. The smallest absolute Gasteiger partial charge is 0.413 e. The minimum absolute atomic E-state index is 0.00443. The van der Waals surface area contributed by atoms with Crippen molar-refractivity contribution in [3.05, 3.63) is 185 Å². The van der Waals surface area contributed by atoms with Gasteiger partial charge in [0.25, 0.3) is 0 Å². The lowest BCUT2D eigenvalue weighted by molar-refractivity contribution is 0.169. The summed E-state index contributed by atoms with van der Waals surface area (Å²) in [5, 5.41) is 10.9. The van der Waals surface area contributed by atoms with E-state index in [-0.39, 0.29) is 49.2 Å². The molecule has 13 nitrogen and oxygen atoms in total. The summed E-state index contributed by atoms with van der Waals surface area (Å²) in [5.41, 5.74) is 4.69. The molecule has 0 bridgehead atoms. The molecule has 0 aromatic heterocycles. The molecule has 1 heterocycles. The quantitative estimate of drug-likeness (QED) is 0.0893. The van der Waals surface area contributed by atoms with Crippen molar-refractivity contribution < 1.29 is 42.9 Å². The van der Waals surface area contributed by atoms with Crippen LogP contribution in [-0.4, -0.2) is 24.4 Å². The lowest BCUT2D eigenvalue weighted by atomic mass is 9.96. The van der Waals surface area contributed by atoms with Gasteiger partial charge < -0.3 is 45.0 Å². The maximum atomic E-state index is 13.1. The highest BCUT2D eigenvalue weighted by Gasteiger charge is 2.28. The largest absolute Gasteiger partial charge is 0.485 e. The number of rotatable bonds is 13. The third-order valence-electron chi connectivity index (χ3n) is 9.34. The standard InChI is InChI=1S/C47H42N4O9/c52-44(48-28-32-13-5-1-6-14-32)56-37-26-41-38(42(27-37)59-46(54)50-30-34-17-9-3-10-18-34)22-24-39(57-41)36-21-23-40(58-45(53)49-29-33-15-7-2-8-16-33)43(25-36)60-47(55)51-31-35-19-11-4-12-20-35/h1-21,23,25-27,39H,22,24,28-31H2,(H,48,52)(H,49,53)(H,50,54)(H,51,55). The molecule has 6 aromatic rings. The third-order valence-corrected chi connectivity index (χ3v) is 9.34. The van der Waals surface area contributed by atoms with Crippen molar-refractivity contribution in [3.63, 3.8) is 0 Å². The monoisotopic (exact) mass is 806 g/mol. The molecule has 0 saturated carbocycles. The molecule has 7 rings (SSSR count). The fourth-order valence-corrected chi connectivity index (χ4v) is 6.34. The first-order valence-corrected chi connectivity index (χ1v) is 19.3. The van der Waals surface area contributed by atoms with Gasteiger partial charge in [0, 0.05) is 43.9 Å². The Bertz CT molecular complexity index is 2400. The van der Waals surface area contributed by atoms with Crippen molar-refractivity contribution >= 4 is 24.4 Å². The summed E-state index contributed by atoms with van der Waals surface area (Å²) in [6.07, 6.45) is -2.72. The molecule has 304 valence electrons. The number of carbonyl (C=O) groups is 4. The molecule has 0 radical (unpaired) electrons. The lowest BCUT2D eigenvalue weighted by Gasteiger charge is -2.28. The number of hydrogen-bond donors (Lipinski definition) is 4. The van der Waals surface area contributed by atoms with Crippen molar-refractivity contribution in [1.29, 1.82) is 0 Å². The Morgan fingerprint density at radius 3 is 1.35 bits per heavy atom. The number of nitrogens with one attached hydrogen (secondary N) is 4. The van der Waals surface area contributed by atoms with Crippen LogP contribution in [0.5, 0.6) is 28.7 Å². The van der Waals surface area contributed by atoms with E-state index in [1.807, 2.05) is 121 Å². The minimum atomic E-state index is -0.764. The van der Waals surface area contributed by atoms with E-state index in [1.165, 1.54) is 12.1 Å². The first kappa shape index (κ1) is 40.4. The van der Waals surface area contributed by atoms with Crippen LogP contribution in [0, 0.1) is 0 Å². The Balaban J connectivity index is 1.10. The fraction of sp³-hybridized carbons (Fsp3) is 0.149. The van der Waals surface area contributed by atoms with Crippen LogP contribution in [0.1, 0.15) is 45.9 Å². The van der Waals surface area contributed by atoms with E-state index in [2.05, 4.69) is 21.3 Å². The summed E-state index contributed by atoms with van der Waals surface area (Å²) in [5.74, 6) is 0.537. The molecule has 60 heavy (non-hydrogen) atoms. The van der Waals surface area contributed by atoms with Gasteiger partial charge in [-0.2, -0.15) is 0 Å². The van der Waals surface area contributed by atoms with E-state index in [0.29, 0.717) is 29.7 Å². The summed E-state index contributed by atoms with van der Waals surface area (Å²) >= 11 is 0. The van der Waals surface area contributed by atoms with Crippen LogP contribution in [0.4, 0.5) is 19.2 Å². The number of fused-ring (bicyclic) bond motifs is 1. The van der Waals surface area contributed by atoms with Gasteiger partial charge >= 0.3 is 24.4 Å². The summed E-state index contributed by atoms with van der Waals surface area (Å²) in [6.45, 7) is 0.903. The fourth-order valence-electron chi connectivity index (χ4n) is 6.34. The summed E-state index contributed by atoms with van der Waals surface area (Å²) in [7, 11) is 0. The van der Waals surface area contributed by atoms with Gasteiger partial charge in [0.15, 0.2) is 11.5 Å². The van der Waals surface area contributed by atoms with Gasteiger partial charge in [-0.1, -0.05) is 127 Å². The molecule has 6 aromatic carbocycles. The van der Waals surface area contributed by atoms with Crippen LogP contribution >= 0.6 is 0 Å². The second-order valence-electron chi connectivity index (χ2n) is 13.7. The molecule has 1 unspecified atom stereocenters. The first-order chi connectivity index (χ1) is 29.3. The van der Waals surface area contributed by atoms with Gasteiger partial charge in [-0.3, -0.25) is 0 Å². The van der Waals surface area contributed by atoms with E-state index >= 15 is 0 Å². The summed E-state index contributed by atoms with van der Waals surface area (Å²) in [4.78, 5) is 52.0. The molecule has 0 aliphatic carbocycles. The van der Waals surface area contributed by atoms with Gasteiger partial charge in [0.1, 0.15) is 23.4 Å². The highest BCUT2D eigenvalue weighted by molar-refractivity contribution is 5.75. The van der Waals surface area contributed by atoms with Crippen LogP contribution in [0.15, 0.2) is 152 Å². The Morgan fingerprint density at radius 2 is 0.883 bits per heavy atom. The Morgan fingerprint density at radius 1 is 0.467 bits per heavy atom. The van der Waals surface area contributed by atoms with E-state index in [1.54, 1.807) is 18.2 Å². The molecule has 0 spiro atoms. The van der Waals surface area contributed by atoms with Crippen molar-refractivity contribution in [1.82, 2.24) is 21.3 Å². The van der Waals surface area contributed by atoms with Crippen molar-refractivity contribution in [2.75, 3.05) is 0 Å². The summed E-state index contributed by atoms with van der Waals surface area (Å²) < 4.78 is 29.3. The van der Waals surface area contributed by atoms with Crippen molar-refractivity contribution in [3.8, 4) is 28.7 Å². The van der Waals surface area contributed by atoms with E-state index in [4.69, 9.17) is 23.7 Å². The predicted molar refractivity (Wildman–Crippen MR) is 222 cm³/mol. The van der Waals surface area contributed by atoms with E-state index < -0.39 is 30.5 Å². The van der Waals surface area contributed by atoms with E-state index in [0.717, 1.165) is 22.3 Å². The molecule has 1 atom stereocenters. The van der Waals surface area contributed by atoms with E-state index in [9.17, 15) is 19.2 Å². The van der Waals surface area contributed by atoms with Gasteiger partial charge in [0.2, 0.25) is 0 Å². The zero-order valence-corrected chi connectivity index (χ0v) is 32.4. The van der Waals surface area contributed by atoms with Crippen molar-refractivity contribution in [2.45, 2.75) is 45.1 Å². The minimum Gasteiger partial charge on any atom is -0.485 e. The average Bonchev–Trinajstić information content (AvgIpc) is 3.28. The molecule has 1 aliphatic rings. The highest BCUT2D eigenvalue weighted by Crippen LogP contribution is 2.44. The van der Waals surface area contributed by atoms with Crippen LogP contribution in [0.25, 0.3) is 0 Å². The van der Waals surface area contributed by atoms with Gasteiger partial charge in [-0.25, -0.2) is 19.2 Å². The lowest BCUT2D eigenvalue weighted by Crippen LogP contribution is -2.28. The predicted octanol–water partition coefficient (Wildman–Crippen LogP) is 8.91. The molecule has 4 N–H and O–H groups in total. The summed E-state index contributed by atoms with van der Waals surface area (Å²) in [6, 6.07) is 45.3. The van der Waals surface area contributed by atoms with Crippen LogP contribution < -0.4 is 45.0 Å². The topological polar surface area (TPSA) is 163 Å². The second-order valence-corrected chi connectivity index (χ2v) is 13.7. The molecular formula is C47H42N4O9. The zero-order chi connectivity index (χ0) is 41.5. The van der Waals surface area contributed by atoms with Crippen molar-refractivity contribution in [2.24, 2.45) is 0 Å². The molecule has 0 fully saturated rings. The van der Waals surface area contributed by atoms with Gasteiger partial charge in [-0.05, 0) is 52.8 Å². The highest BCUT2D eigenvalue weighted by atomic mass is 16.6. The van der Waals surface area contributed by atoms with Gasteiger partial charge in [0.05, 0.1) is 0 Å². The van der Waals surface area contributed by atoms with Gasteiger partial charge in [-0.15, -0.1) is 0 Å². The zero-order valence-electron chi connectivity index (χ0n) is 32.4. The molecular weight excluding hydrogens is 765 g/mol. The number of ether oxygens (including phenoxy) is 5.